The third kappa shape index (κ3) is 1.57. The Morgan fingerprint density at radius 1 is 1.79 bits per heavy atom. The van der Waals surface area contributed by atoms with Gasteiger partial charge in [0.05, 0.1) is 17.6 Å². The molecule has 0 bridgehead atoms. The van der Waals surface area contributed by atoms with Crippen LogP contribution in [-0.4, -0.2) is 35.6 Å². The van der Waals surface area contributed by atoms with Crippen LogP contribution in [0.15, 0.2) is 23.9 Å². The van der Waals surface area contributed by atoms with E-state index in [1.165, 1.54) is 7.11 Å². The van der Waals surface area contributed by atoms with Crippen LogP contribution < -0.4 is 5.32 Å². The molecule has 2 atom stereocenters. The Balaban J connectivity index is 2.16. The summed E-state index contributed by atoms with van der Waals surface area (Å²) in [4.78, 5) is 13.6. The van der Waals surface area contributed by atoms with Gasteiger partial charge in [0.1, 0.15) is 6.17 Å². The fourth-order valence-corrected chi connectivity index (χ4v) is 2.16. The van der Waals surface area contributed by atoms with E-state index in [1.54, 1.807) is 6.08 Å². The molecule has 0 aromatic carbocycles. The van der Waals surface area contributed by atoms with Gasteiger partial charge in [-0.1, -0.05) is 15.9 Å². The van der Waals surface area contributed by atoms with Crippen LogP contribution in [0.5, 0.6) is 0 Å². The van der Waals surface area contributed by atoms with Crippen molar-refractivity contribution >= 4 is 21.9 Å². The number of fused-ring (bicyclic) bond motifs is 1. The minimum atomic E-state index is -0.291. The van der Waals surface area contributed by atoms with Crippen molar-refractivity contribution in [1.82, 2.24) is 10.2 Å². The first-order valence-electron chi connectivity index (χ1n) is 4.35. The van der Waals surface area contributed by atoms with Gasteiger partial charge in [-0.15, -0.1) is 0 Å². The summed E-state index contributed by atoms with van der Waals surface area (Å²) in [5.74, 6) is -0.291. The van der Waals surface area contributed by atoms with Crippen LogP contribution in [0.1, 0.15) is 0 Å². The molecule has 1 fully saturated rings. The van der Waals surface area contributed by atoms with E-state index >= 15 is 0 Å². The maximum atomic E-state index is 11.2. The number of esters is 1. The first-order chi connectivity index (χ1) is 6.72. The van der Waals surface area contributed by atoms with E-state index < -0.39 is 0 Å². The largest absolute Gasteiger partial charge is 0.465 e. The van der Waals surface area contributed by atoms with Gasteiger partial charge in [0, 0.05) is 12.7 Å². The zero-order chi connectivity index (χ0) is 10.1. The molecule has 0 aromatic heterocycles. The van der Waals surface area contributed by atoms with Crippen molar-refractivity contribution in [3.05, 3.63) is 23.9 Å². The van der Waals surface area contributed by atoms with E-state index in [-0.39, 0.29) is 12.1 Å². The van der Waals surface area contributed by atoms with Crippen LogP contribution in [0.2, 0.25) is 0 Å². The second kappa shape index (κ2) is 3.74. The van der Waals surface area contributed by atoms with Crippen molar-refractivity contribution in [2.45, 2.75) is 11.1 Å². The Hall–Kier alpha value is -0.810. The molecule has 4 nitrogen and oxygen atoms in total. The van der Waals surface area contributed by atoms with Crippen LogP contribution in [-0.2, 0) is 9.53 Å². The molecule has 0 amide bonds. The Labute approximate surface area is 90.7 Å². The number of alkyl halides is 1. The fourth-order valence-electron chi connectivity index (χ4n) is 1.58. The summed E-state index contributed by atoms with van der Waals surface area (Å²) in [6, 6.07) is 0. The Morgan fingerprint density at radius 3 is 3.29 bits per heavy atom. The molecule has 2 heterocycles. The summed E-state index contributed by atoms with van der Waals surface area (Å²) >= 11 is 3.52. The second-order valence-electron chi connectivity index (χ2n) is 3.16. The smallest absolute Gasteiger partial charge is 0.337 e. The van der Waals surface area contributed by atoms with Gasteiger partial charge in [-0.05, 0) is 12.2 Å². The van der Waals surface area contributed by atoms with Crippen LogP contribution in [0.25, 0.3) is 0 Å². The van der Waals surface area contributed by atoms with Gasteiger partial charge in [-0.2, -0.15) is 0 Å². The summed E-state index contributed by atoms with van der Waals surface area (Å²) in [5, 5.41) is 3.26. The van der Waals surface area contributed by atoms with Crippen molar-refractivity contribution in [2.24, 2.45) is 0 Å². The van der Waals surface area contributed by atoms with Crippen molar-refractivity contribution in [2.75, 3.05) is 13.7 Å². The number of carbonyl (C=O) groups is 1. The molecule has 14 heavy (non-hydrogen) atoms. The topological polar surface area (TPSA) is 41.6 Å². The fraction of sp³-hybridized carbons (Fsp3) is 0.444. The van der Waals surface area contributed by atoms with E-state index in [0.717, 1.165) is 6.54 Å². The van der Waals surface area contributed by atoms with E-state index in [2.05, 4.69) is 30.9 Å². The third-order valence-corrected chi connectivity index (χ3v) is 3.12. The average Bonchev–Trinajstić information content (AvgIpc) is 2.59. The Kier molecular flexibility index (Phi) is 2.60. The number of nitrogens with one attached hydrogen (secondary N) is 1. The number of ether oxygens (including phenoxy) is 1. The molecule has 1 saturated heterocycles. The standard InChI is InChI=1S/C9H11BrN2O2/c1-14-9(13)6-2-3-12-7(10)5-11-8(12)4-6/h2-4,7-8,11H,5H2,1H3/t7-,8-/m1/s1. The highest BCUT2D eigenvalue weighted by Gasteiger charge is 2.30. The number of carbonyl (C=O) groups excluding carboxylic acids is 1. The minimum absolute atomic E-state index is 0.0958. The molecule has 1 N–H and O–H groups in total. The van der Waals surface area contributed by atoms with Crippen LogP contribution >= 0.6 is 15.9 Å². The van der Waals surface area contributed by atoms with Gasteiger partial charge in [-0.25, -0.2) is 4.79 Å². The van der Waals surface area contributed by atoms with Crippen LogP contribution in [0.3, 0.4) is 0 Å². The number of methoxy groups -OCH3 is 1. The molecule has 0 aromatic rings. The SMILES string of the molecule is COC(=O)C1=C[C@@H]2NC[C@H](Br)N2C=C1. The van der Waals surface area contributed by atoms with Crippen LogP contribution in [0, 0.1) is 0 Å². The number of rotatable bonds is 1. The molecular formula is C9H11BrN2O2. The molecule has 0 unspecified atom stereocenters. The van der Waals surface area contributed by atoms with Gasteiger partial charge < -0.3 is 9.64 Å². The summed E-state index contributed by atoms with van der Waals surface area (Å²) in [5.41, 5.74) is 0.600. The maximum Gasteiger partial charge on any atom is 0.337 e. The predicted molar refractivity (Wildman–Crippen MR) is 55.6 cm³/mol. The van der Waals surface area contributed by atoms with Gasteiger partial charge in [0.15, 0.2) is 0 Å². The molecule has 0 radical (unpaired) electrons. The normalized spacial score (nSPS) is 29.9. The Morgan fingerprint density at radius 2 is 2.57 bits per heavy atom. The first kappa shape index (κ1) is 9.73. The summed E-state index contributed by atoms with van der Waals surface area (Å²) < 4.78 is 4.65. The predicted octanol–water partition coefficient (Wildman–Crippen LogP) is 0.565. The molecular weight excluding hydrogens is 248 g/mol. The quantitative estimate of drug-likeness (QED) is 0.424. The van der Waals surface area contributed by atoms with Crippen molar-refractivity contribution < 1.29 is 9.53 Å². The molecule has 2 aliphatic rings. The summed E-state index contributed by atoms with van der Waals surface area (Å²) in [6.07, 6.45) is 5.63. The monoisotopic (exact) mass is 258 g/mol. The number of nitrogens with zero attached hydrogens (tertiary/aromatic N) is 1. The van der Waals surface area contributed by atoms with Crippen molar-refractivity contribution in [3.8, 4) is 0 Å². The lowest BCUT2D eigenvalue weighted by atomic mass is 10.1. The number of hydrogen-bond donors (Lipinski definition) is 1. The second-order valence-corrected chi connectivity index (χ2v) is 4.22. The zero-order valence-corrected chi connectivity index (χ0v) is 9.32. The highest BCUT2D eigenvalue weighted by atomic mass is 79.9. The van der Waals surface area contributed by atoms with E-state index in [1.807, 2.05) is 12.3 Å². The molecule has 0 aliphatic carbocycles. The van der Waals surface area contributed by atoms with Gasteiger partial charge in [0.25, 0.3) is 0 Å². The van der Waals surface area contributed by atoms with Crippen LogP contribution in [0.4, 0.5) is 0 Å². The zero-order valence-electron chi connectivity index (χ0n) is 7.74. The molecule has 0 saturated carbocycles. The molecule has 76 valence electrons. The highest BCUT2D eigenvalue weighted by molar-refractivity contribution is 9.09. The van der Waals surface area contributed by atoms with E-state index in [0.29, 0.717) is 10.5 Å². The highest BCUT2D eigenvalue weighted by Crippen LogP contribution is 2.23. The van der Waals surface area contributed by atoms with Gasteiger partial charge in [0.2, 0.25) is 0 Å². The number of halogens is 1. The first-order valence-corrected chi connectivity index (χ1v) is 5.27. The van der Waals surface area contributed by atoms with E-state index in [9.17, 15) is 4.79 Å². The average molecular weight is 259 g/mol. The van der Waals surface area contributed by atoms with Gasteiger partial charge in [-0.3, -0.25) is 5.32 Å². The number of hydrogen-bond acceptors (Lipinski definition) is 4. The lowest BCUT2D eigenvalue weighted by Gasteiger charge is -2.25. The Bertz CT molecular complexity index is 314. The van der Waals surface area contributed by atoms with Gasteiger partial charge >= 0.3 is 5.97 Å². The summed E-state index contributed by atoms with van der Waals surface area (Å²) in [6.45, 7) is 0.861. The van der Waals surface area contributed by atoms with E-state index in [4.69, 9.17) is 0 Å². The molecule has 2 rings (SSSR count). The van der Waals surface area contributed by atoms with Crippen molar-refractivity contribution in [1.29, 1.82) is 0 Å². The molecule has 5 heteroatoms. The lowest BCUT2D eigenvalue weighted by molar-refractivity contribution is -0.135. The molecule has 2 aliphatic heterocycles. The third-order valence-electron chi connectivity index (χ3n) is 2.32. The molecule has 0 spiro atoms. The summed E-state index contributed by atoms with van der Waals surface area (Å²) in [7, 11) is 1.39. The van der Waals surface area contributed by atoms with Crippen molar-refractivity contribution in [3.63, 3.8) is 0 Å². The maximum absolute atomic E-state index is 11.2. The minimum Gasteiger partial charge on any atom is -0.465 e. The lowest BCUT2D eigenvalue weighted by Crippen LogP contribution is -2.34.